The molecule has 5 heteroatoms. The van der Waals surface area contributed by atoms with Crippen LogP contribution >= 0.6 is 15.9 Å². The highest BCUT2D eigenvalue weighted by Gasteiger charge is 2.12. The monoisotopic (exact) mass is 255 g/mol. The number of furan rings is 1. The van der Waals surface area contributed by atoms with Crippen molar-refractivity contribution in [2.75, 3.05) is 0 Å². The number of alkyl halides is 1. The predicted molar refractivity (Wildman–Crippen MR) is 55.5 cm³/mol. The number of non-ortho nitro benzene ring substituents is 1. The van der Waals surface area contributed by atoms with E-state index in [1.165, 1.54) is 18.4 Å². The van der Waals surface area contributed by atoms with Crippen LogP contribution in [0.15, 0.2) is 28.9 Å². The summed E-state index contributed by atoms with van der Waals surface area (Å²) in [6.45, 7) is 0. The van der Waals surface area contributed by atoms with Crippen molar-refractivity contribution in [3.8, 4) is 0 Å². The van der Waals surface area contributed by atoms with Crippen LogP contribution in [0.5, 0.6) is 0 Å². The van der Waals surface area contributed by atoms with Crippen molar-refractivity contribution in [3.63, 3.8) is 0 Å². The van der Waals surface area contributed by atoms with Gasteiger partial charge in [-0.2, -0.15) is 0 Å². The maximum absolute atomic E-state index is 10.6. The Morgan fingerprint density at radius 3 is 2.93 bits per heavy atom. The number of nitrogens with zero attached hydrogens (tertiary/aromatic N) is 1. The molecule has 0 atom stereocenters. The van der Waals surface area contributed by atoms with Gasteiger partial charge in [0.2, 0.25) is 0 Å². The normalized spacial score (nSPS) is 10.6. The molecule has 1 heterocycles. The van der Waals surface area contributed by atoms with Crippen molar-refractivity contribution in [1.29, 1.82) is 0 Å². The van der Waals surface area contributed by atoms with Gasteiger partial charge in [-0.05, 0) is 6.07 Å². The topological polar surface area (TPSA) is 56.3 Å². The first-order valence-corrected chi connectivity index (χ1v) is 5.05. The summed E-state index contributed by atoms with van der Waals surface area (Å²) in [5.74, 6) is 0. The van der Waals surface area contributed by atoms with E-state index in [-0.39, 0.29) is 5.69 Å². The largest absolute Gasteiger partial charge is 0.464 e. The predicted octanol–water partition coefficient (Wildman–Crippen LogP) is 3.24. The summed E-state index contributed by atoms with van der Waals surface area (Å²) in [7, 11) is 0. The van der Waals surface area contributed by atoms with Gasteiger partial charge in [-0.15, -0.1) is 0 Å². The van der Waals surface area contributed by atoms with Crippen LogP contribution in [0.25, 0.3) is 11.0 Å². The van der Waals surface area contributed by atoms with Crippen LogP contribution in [0.2, 0.25) is 0 Å². The van der Waals surface area contributed by atoms with E-state index in [0.29, 0.717) is 10.9 Å². The zero-order chi connectivity index (χ0) is 10.1. The van der Waals surface area contributed by atoms with Crippen LogP contribution in [0.3, 0.4) is 0 Å². The fourth-order valence-corrected chi connectivity index (χ4v) is 1.76. The van der Waals surface area contributed by atoms with Crippen LogP contribution in [-0.4, -0.2) is 4.92 Å². The summed E-state index contributed by atoms with van der Waals surface area (Å²) in [6.07, 6.45) is 1.53. The minimum Gasteiger partial charge on any atom is -0.464 e. The number of fused-ring (bicyclic) bond motifs is 1. The Labute approximate surface area is 87.8 Å². The van der Waals surface area contributed by atoms with E-state index < -0.39 is 4.92 Å². The van der Waals surface area contributed by atoms with Gasteiger partial charge < -0.3 is 4.42 Å². The molecule has 2 rings (SSSR count). The van der Waals surface area contributed by atoms with Gasteiger partial charge in [0.25, 0.3) is 5.69 Å². The Hall–Kier alpha value is -1.36. The highest BCUT2D eigenvalue weighted by atomic mass is 79.9. The molecule has 72 valence electrons. The molecule has 0 spiro atoms. The van der Waals surface area contributed by atoms with Crippen molar-refractivity contribution in [2.45, 2.75) is 5.33 Å². The second-order valence-corrected chi connectivity index (χ2v) is 3.40. The van der Waals surface area contributed by atoms with E-state index in [2.05, 4.69) is 15.9 Å². The third kappa shape index (κ3) is 1.39. The Kier molecular flexibility index (Phi) is 2.25. The van der Waals surface area contributed by atoms with E-state index in [9.17, 15) is 10.1 Å². The minimum atomic E-state index is -0.404. The highest BCUT2D eigenvalue weighted by molar-refractivity contribution is 9.08. The Balaban J connectivity index is 2.73. The Morgan fingerprint density at radius 2 is 2.29 bits per heavy atom. The minimum absolute atomic E-state index is 0.0911. The number of rotatable bonds is 2. The number of halogens is 1. The summed E-state index contributed by atoms with van der Waals surface area (Å²) >= 11 is 3.26. The van der Waals surface area contributed by atoms with E-state index in [4.69, 9.17) is 4.42 Å². The molecule has 0 fully saturated rings. The van der Waals surface area contributed by atoms with Gasteiger partial charge in [-0.25, -0.2) is 0 Å². The second-order valence-electron chi connectivity index (χ2n) is 2.83. The fourth-order valence-electron chi connectivity index (χ4n) is 1.34. The molecule has 0 saturated carbocycles. The zero-order valence-electron chi connectivity index (χ0n) is 7.07. The lowest BCUT2D eigenvalue weighted by Gasteiger charge is -1.97. The first-order valence-electron chi connectivity index (χ1n) is 3.93. The van der Waals surface area contributed by atoms with Crippen LogP contribution in [-0.2, 0) is 5.33 Å². The summed E-state index contributed by atoms with van der Waals surface area (Å²) in [6, 6.07) is 4.74. The molecule has 0 bridgehead atoms. The third-order valence-corrected chi connectivity index (χ3v) is 2.57. The van der Waals surface area contributed by atoms with Crippen molar-refractivity contribution in [2.24, 2.45) is 0 Å². The molecule has 0 aliphatic heterocycles. The summed E-state index contributed by atoms with van der Waals surface area (Å²) in [5, 5.41) is 11.9. The van der Waals surface area contributed by atoms with E-state index >= 15 is 0 Å². The van der Waals surface area contributed by atoms with Crippen molar-refractivity contribution in [3.05, 3.63) is 40.1 Å². The van der Waals surface area contributed by atoms with Crippen molar-refractivity contribution in [1.82, 2.24) is 0 Å². The molecule has 0 radical (unpaired) electrons. The molecule has 0 amide bonds. The molecule has 0 aliphatic carbocycles. The highest BCUT2D eigenvalue weighted by Crippen LogP contribution is 2.27. The summed E-state index contributed by atoms with van der Waals surface area (Å²) in [4.78, 5) is 10.2. The third-order valence-electron chi connectivity index (χ3n) is 1.97. The summed E-state index contributed by atoms with van der Waals surface area (Å²) < 4.78 is 5.22. The zero-order valence-corrected chi connectivity index (χ0v) is 8.65. The molecular formula is C9H6BrNO3. The molecule has 0 saturated heterocycles. The number of nitro benzene ring substituents is 1. The number of hydrogen-bond acceptors (Lipinski definition) is 3. The Bertz CT molecular complexity index is 492. The van der Waals surface area contributed by atoms with Crippen LogP contribution in [0.4, 0.5) is 5.69 Å². The quantitative estimate of drug-likeness (QED) is 0.470. The SMILES string of the molecule is O=[N+]([O-])c1cc(CBr)c2occc2c1. The van der Waals surface area contributed by atoms with Crippen molar-refractivity contribution >= 4 is 32.6 Å². The molecule has 1 aromatic carbocycles. The number of nitro groups is 1. The standard InChI is InChI=1S/C9H6BrNO3/c10-5-7-4-8(11(12)13)3-6-1-2-14-9(6)7/h1-4H,5H2. The van der Waals surface area contributed by atoms with Gasteiger partial charge in [-0.1, -0.05) is 15.9 Å². The first kappa shape index (κ1) is 9.21. The molecule has 4 nitrogen and oxygen atoms in total. The van der Waals surface area contributed by atoms with E-state index in [0.717, 1.165) is 10.9 Å². The van der Waals surface area contributed by atoms with Crippen LogP contribution < -0.4 is 0 Å². The van der Waals surface area contributed by atoms with Gasteiger partial charge in [0.15, 0.2) is 0 Å². The first-order chi connectivity index (χ1) is 6.72. The average Bonchev–Trinajstić information content (AvgIpc) is 2.63. The molecule has 0 aliphatic rings. The maximum atomic E-state index is 10.6. The molecule has 2 aromatic rings. The summed E-state index contributed by atoms with van der Waals surface area (Å²) in [5.41, 5.74) is 1.58. The van der Waals surface area contributed by atoms with E-state index in [1.54, 1.807) is 6.07 Å². The lowest BCUT2D eigenvalue weighted by Crippen LogP contribution is -1.89. The number of hydrogen-bond donors (Lipinski definition) is 0. The van der Waals surface area contributed by atoms with Gasteiger partial charge in [0, 0.05) is 28.4 Å². The molecule has 0 unspecified atom stereocenters. The van der Waals surface area contributed by atoms with E-state index in [1.807, 2.05) is 0 Å². The van der Waals surface area contributed by atoms with Crippen LogP contribution in [0.1, 0.15) is 5.56 Å². The lowest BCUT2D eigenvalue weighted by molar-refractivity contribution is -0.384. The van der Waals surface area contributed by atoms with Gasteiger partial charge in [0.1, 0.15) is 5.58 Å². The smallest absolute Gasteiger partial charge is 0.270 e. The average molecular weight is 256 g/mol. The van der Waals surface area contributed by atoms with Crippen LogP contribution in [0, 0.1) is 10.1 Å². The Morgan fingerprint density at radius 1 is 1.50 bits per heavy atom. The maximum Gasteiger partial charge on any atom is 0.270 e. The molecule has 14 heavy (non-hydrogen) atoms. The fraction of sp³-hybridized carbons (Fsp3) is 0.111. The van der Waals surface area contributed by atoms with Gasteiger partial charge in [-0.3, -0.25) is 10.1 Å². The van der Waals surface area contributed by atoms with Crippen molar-refractivity contribution < 1.29 is 9.34 Å². The van der Waals surface area contributed by atoms with Gasteiger partial charge >= 0.3 is 0 Å². The second kappa shape index (κ2) is 3.42. The molecular weight excluding hydrogens is 250 g/mol. The molecule has 1 aromatic heterocycles. The number of benzene rings is 1. The van der Waals surface area contributed by atoms with Gasteiger partial charge in [0.05, 0.1) is 11.2 Å². The lowest BCUT2D eigenvalue weighted by atomic mass is 10.1. The molecule has 0 N–H and O–H groups in total.